The highest BCUT2D eigenvalue weighted by Crippen LogP contribution is 2.12. The van der Waals surface area contributed by atoms with Crippen molar-refractivity contribution in [2.75, 3.05) is 94.9 Å². The fraction of sp³-hybridized carbons (Fsp3) is 0.286. The summed E-state index contributed by atoms with van der Waals surface area (Å²) in [6.45, 7) is 3.77. The van der Waals surface area contributed by atoms with E-state index >= 15 is 0 Å². The number of nitrogens with zero attached hydrogens (tertiary/aromatic N) is 8. The van der Waals surface area contributed by atoms with Gasteiger partial charge in [0.1, 0.15) is 0 Å². The Morgan fingerprint density at radius 1 is 0.543 bits per heavy atom. The zero-order valence-corrected chi connectivity index (χ0v) is 25.2. The molecule has 0 aliphatic carbocycles. The van der Waals surface area contributed by atoms with E-state index < -0.39 is 0 Å². The van der Waals surface area contributed by atoms with Crippen LogP contribution < -0.4 is 54.0 Å². The second-order valence-electron chi connectivity index (χ2n) is 9.69. The lowest BCUT2D eigenvalue weighted by Crippen LogP contribution is -2.24. The van der Waals surface area contributed by atoms with Gasteiger partial charge in [0.05, 0.1) is 13.1 Å². The predicted octanol–water partition coefficient (Wildman–Crippen LogP) is 1.10. The number of fused-ring (bicyclic) bond motifs is 4. The molecule has 3 heterocycles. The molecule has 46 heavy (non-hydrogen) atoms. The van der Waals surface area contributed by atoms with Gasteiger partial charge in [0.2, 0.25) is 35.7 Å². The van der Waals surface area contributed by atoms with Crippen molar-refractivity contribution >= 4 is 59.0 Å². The first-order valence-corrected chi connectivity index (χ1v) is 14.8. The number of hydrogen-bond acceptors (Lipinski definition) is 14. The number of guanidine groups is 2. The number of aromatic nitrogens is 6. The van der Waals surface area contributed by atoms with E-state index in [1.54, 1.807) is 0 Å². The van der Waals surface area contributed by atoms with Crippen LogP contribution in [0.3, 0.4) is 0 Å². The number of aliphatic imine (C=N–C) groups is 2. The number of nitrogens with two attached hydrogens (primary N) is 2. The molecular formula is C28H38N18. The summed E-state index contributed by atoms with van der Waals surface area (Å²) >= 11 is 0. The highest BCUT2D eigenvalue weighted by molar-refractivity contribution is 5.92. The molecule has 18 nitrogen and oxygen atoms in total. The maximum absolute atomic E-state index is 5.98. The summed E-state index contributed by atoms with van der Waals surface area (Å²) in [6, 6.07) is 19.2. The molecule has 0 saturated carbocycles. The zero-order valence-electron chi connectivity index (χ0n) is 25.2. The molecule has 0 saturated heterocycles. The van der Waals surface area contributed by atoms with Crippen LogP contribution in [0, 0.1) is 0 Å². The van der Waals surface area contributed by atoms with E-state index in [0.717, 1.165) is 11.4 Å². The van der Waals surface area contributed by atoms with Crippen molar-refractivity contribution < 1.29 is 0 Å². The van der Waals surface area contributed by atoms with Crippen molar-refractivity contribution in [3.63, 3.8) is 0 Å². The first-order valence-electron chi connectivity index (χ1n) is 14.8. The number of para-hydroxylation sites is 2. The van der Waals surface area contributed by atoms with Crippen molar-refractivity contribution in [2.45, 2.75) is 0 Å². The minimum atomic E-state index is 0.326. The lowest BCUT2D eigenvalue weighted by molar-refractivity contribution is 0.915. The second kappa shape index (κ2) is 16.6. The molecule has 1 aliphatic rings. The van der Waals surface area contributed by atoms with Crippen LogP contribution in [0.5, 0.6) is 0 Å². The minimum absolute atomic E-state index is 0.326. The number of hydrogen-bond donors (Lipinski definition) is 10. The maximum Gasteiger partial charge on any atom is 0.229 e. The maximum atomic E-state index is 5.98. The summed E-state index contributed by atoms with van der Waals surface area (Å²) < 4.78 is 0. The molecule has 2 aromatic heterocycles. The minimum Gasteiger partial charge on any atom is -0.370 e. The summed E-state index contributed by atoms with van der Waals surface area (Å²) in [4.78, 5) is 35.5. The molecule has 240 valence electrons. The van der Waals surface area contributed by atoms with Crippen LogP contribution in [0.4, 0.5) is 47.1 Å². The first kappa shape index (κ1) is 31.2. The molecule has 4 bridgehead atoms. The molecule has 12 N–H and O–H groups in total. The van der Waals surface area contributed by atoms with Crippen molar-refractivity contribution in [3.8, 4) is 0 Å². The molecule has 0 amide bonds. The van der Waals surface area contributed by atoms with Crippen LogP contribution in [0.2, 0.25) is 0 Å². The van der Waals surface area contributed by atoms with Gasteiger partial charge in [-0.2, -0.15) is 29.9 Å². The quantitative estimate of drug-likeness (QED) is 0.0672. The Labute approximate surface area is 265 Å². The number of rotatable bonds is 10. The van der Waals surface area contributed by atoms with Crippen LogP contribution in [-0.4, -0.2) is 94.2 Å². The molecule has 18 heteroatoms. The highest BCUT2D eigenvalue weighted by atomic mass is 15.3. The predicted molar refractivity (Wildman–Crippen MR) is 184 cm³/mol. The Morgan fingerprint density at radius 3 is 1.24 bits per heavy atom. The van der Waals surface area contributed by atoms with E-state index in [9.17, 15) is 0 Å². The number of nitrogens with one attached hydrogen (secondary N) is 8. The molecule has 0 fully saturated rings. The molecule has 0 spiro atoms. The van der Waals surface area contributed by atoms with Gasteiger partial charge in [0.25, 0.3) is 0 Å². The summed E-state index contributed by atoms with van der Waals surface area (Å²) in [7, 11) is 0. The third-order valence-corrected chi connectivity index (χ3v) is 6.10. The third-order valence-electron chi connectivity index (χ3n) is 6.10. The largest absolute Gasteiger partial charge is 0.370 e. The molecule has 2 aromatic carbocycles. The molecule has 0 atom stereocenters. The van der Waals surface area contributed by atoms with Crippen molar-refractivity contribution in [1.82, 2.24) is 29.9 Å². The lowest BCUT2D eigenvalue weighted by Gasteiger charge is -2.14. The Morgan fingerprint density at radius 2 is 0.891 bits per heavy atom. The average molecular weight is 627 g/mol. The standard InChI is InChI=1S/C28H38N18/c29-21(39-19-7-3-1-4-8-19)31-11-13-33-23-41-25-35-15-17-37-27-43-24(44-28(46-27)38-18-16-36-26(42-23)45-25)34-14-12-32-22(30)40-20-9-5-2-6-10-20/h1-10H,11-18H2,(H3,29,31,39)(H3,30,32,40)(H3,33,35,36,41,42,45)(H3,34,37,38,43,44,46). The van der Waals surface area contributed by atoms with Crippen LogP contribution >= 0.6 is 0 Å². The van der Waals surface area contributed by atoms with Crippen LogP contribution in [-0.2, 0) is 0 Å². The summed E-state index contributed by atoms with van der Waals surface area (Å²) in [6.07, 6.45) is 0. The van der Waals surface area contributed by atoms with E-state index in [1.807, 2.05) is 60.7 Å². The first-order chi connectivity index (χ1) is 22.6. The molecular weight excluding hydrogens is 588 g/mol. The van der Waals surface area contributed by atoms with Crippen molar-refractivity contribution in [3.05, 3.63) is 60.7 Å². The van der Waals surface area contributed by atoms with Gasteiger partial charge in [-0.15, -0.1) is 0 Å². The number of benzene rings is 2. The van der Waals surface area contributed by atoms with Crippen molar-refractivity contribution in [1.29, 1.82) is 0 Å². The van der Waals surface area contributed by atoms with Gasteiger partial charge in [0.15, 0.2) is 11.9 Å². The lowest BCUT2D eigenvalue weighted by atomic mass is 10.3. The Kier molecular flexibility index (Phi) is 11.3. The van der Waals surface area contributed by atoms with Gasteiger partial charge < -0.3 is 54.0 Å². The highest BCUT2D eigenvalue weighted by Gasteiger charge is 2.10. The molecule has 1 aliphatic heterocycles. The van der Waals surface area contributed by atoms with Crippen molar-refractivity contribution in [2.24, 2.45) is 21.5 Å². The molecule has 0 radical (unpaired) electrons. The van der Waals surface area contributed by atoms with Gasteiger partial charge in [-0.25, -0.2) is 0 Å². The molecule has 4 aromatic rings. The third kappa shape index (κ3) is 10.5. The van der Waals surface area contributed by atoms with Gasteiger partial charge in [-0.1, -0.05) is 36.4 Å². The average Bonchev–Trinajstić information content (AvgIpc) is 3.06. The fourth-order valence-electron chi connectivity index (χ4n) is 4.03. The van der Waals surface area contributed by atoms with Gasteiger partial charge in [-0.3, -0.25) is 9.98 Å². The number of anilines is 8. The van der Waals surface area contributed by atoms with E-state index in [4.69, 9.17) is 11.5 Å². The Bertz CT molecular complexity index is 1410. The Balaban J connectivity index is 1.11. The van der Waals surface area contributed by atoms with Gasteiger partial charge >= 0.3 is 0 Å². The summed E-state index contributed by atoms with van der Waals surface area (Å²) in [5.74, 6) is 3.14. The van der Waals surface area contributed by atoms with Crippen LogP contribution in [0.25, 0.3) is 0 Å². The van der Waals surface area contributed by atoms with E-state index in [2.05, 4.69) is 82.4 Å². The zero-order chi connectivity index (χ0) is 31.8. The molecule has 0 unspecified atom stereocenters. The molecule has 5 rings (SSSR count). The summed E-state index contributed by atoms with van der Waals surface area (Å²) in [5, 5.41) is 25.3. The normalized spacial score (nSPS) is 13.5. The van der Waals surface area contributed by atoms with Gasteiger partial charge in [0, 0.05) is 50.6 Å². The van der Waals surface area contributed by atoms with Crippen LogP contribution in [0.1, 0.15) is 0 Å². The summed E-state index contributed by atoms with van der Waals surface area (Å²) in [5.41, 5.74) is 13.7. The smallest absolute Gasteiger partial charge is 0.229 e. The Hall–Kier alpha value is -6.20. The SMILES string of the molecule is NC(=NCCNc1nc2nc(n1)NCCNc1nc(NCCN=C(N)Nc3ccccc3)nc(n1)NCCN2)Nc1ccccc1. The monoisotopic (exact) mass is 626 g/mol. The van der Waals surface area contributed by atoms with Crippen LogP contribution in [0.15, 0.2) is 70.6 Å². The topological polar surface area (TPSA) is 250 Å². The van der Waals surface area contributed by atoms with Gasteiger partial charge in [-0.05, 0) is 24.3 Å². The van der Waals surface area contributed by atoms with E-state index in [1.165, 1.54) is 0 Å². The van der Waals surface area contributed by atoms with E-state index in [-0.39, 0.29) is 0 Å². The fourth-order valence-corrected chi connectivity index (χ4v) is 4.03. The van der Waals surface area contributed by atoms with E-state index in [0.29, 0.717) is 100.0 Å². The second-order valence-corrected chi connectivity index (χ2v) is 9.69.